The molecule has 3 amide bonds. The van der Waals surface area contributed by atoms with Gasteiger partial charge in [0.25, 0.3) is 0 Å². The summed E-state index contributed by atoms with van der Waals surface area (Å²) in [5, 5.41) is 8.46. The van der Waals surface area contributed by atoms with Crippen LogP contribution in [0.3, 0.4) is 0 Å². The highest BCUT2D eigenvalue weighted by atomic mass is 16.2. The molecule has 2 unspecified atom stereocenters. The van der Waals surface area contributed by atoms with E-state index in [1.54, 1.807) is 0 Å². The third-order valence-corrected chi connectivity index (χ3v) is 3.56. The van der Waals surface area contributed by atoms with Crippen molar-refractivity contribution in [3.05, 3.63) is 0 Å². The molecule has 0 radical (unpaired) electrons. The average Bonchev–Trinajstić information content (AvgIpc) is 2.63. The summed E-state index contributed by atoms with van der Waals surface area (Å²) in [6, 6.07) is 0.721. The highest BCUT2D eigenvalue weighted by Crippen LogP contribution is 2.19. The van der Waals surface area contributed by atoms with E-state index in [9.17, 15) is 9.59 Å². The Morgan fingerprint density at radius 3 is 2.83 bits per heavy atom. The van der Waals surface area contributed by atoms with Gasteiger partial charge in [0, 0.05) is 31.7 Å². The first-order valence-electron chi connectivity index (χ1n) is 6.73. The Bertz CT molecular complexity index is 321. The fourth-order valence-electron chi connectivity index (χ4n) is 2.73. The lowest BCUT2D eigenvalue weighted by atomic mass is 10.1. The van der Waals surface area contributed by atoms with Gasteiger partial charge in [-0.05, 0) is 26.2 Å². The number of imide groups is 1. The standard InChI is InChI=1S/C12H22N4O2/c1-2-13-12(18)15-11(17)8-16-6-5-9-3-4-10(7-16)14-9/h9-10,14H,2-8H2,1H3,(H2,13,15,17,18). The quantitative estimate of drug-likeness (QED) is 0.644. The number of amides is 3. The van der Waals surface area contributed by atoms with Gasteiger partial charge >= 0.3 is 6.03 Å². The minimum atomic E-state index is -0.406. The highest BCUT2D eigenvalue weighted by Gasteiger charge is 2.29. The summed E-state index contributed by atoms with van der Waals surface area (Å²) in [5.74, 6) is -0.223. The van der Waals surface area contributed by atoms with Gasteiger partial charge in [0.15, 0.2) is 0 Å². The van der Waals surface area contributed by atoms with Crippen LogP contribution in [0.5, 0.6) is 0 Å². The number of fused-ring (bicyclic) bond motifs is 2. The number of nitrogens with zero attached hydrogens (tertiary/aromatic N) is 1. The van der Waals surface area contributed by atoms with E-state index in [1.807, 2.05) is 6.92 Å². The zero-order valence-electron chi connectivity index (χ0n) is 10.9. The summed E-state index contributed by atoms with van der Waals surface area (Å²) in [6.07, 6.45) is 3.54. The van der Waals surface area contributed by atoms with Crippen molar-refractivity contribution >= 4 is 11.9 Å². The number of hydrogen-bond donors (Lipinski definition) is 3. The molecule has 2 aliphatic heterocycles. The van der Waals surface area contributed by atoms with Gasteiger partial charge in [-0.15, -0.1) is 0 Å². The third kappa shape index (κ3) is 3.68. The van der Waals surface area contributed by atoms with E-state index in [-0.39, 0.29) is 5.91 Å². The normalized spacial score (nSPS) is 27.6. The molecule has 0 aromatic carbocycles. The van der Waals surface area contributed by atoms with Crippen molar-refractivity contribution in [3.8, 4) is 0 Å². The number of rotatable bonds is 3. The fraction of sp³-hybridized carbons (Fsp3) is 0.833. The van der Waals surface area contributed by atoms with E-state index < -0.39 is 6.03 Å². The molecule has 0 aromatic heterocycles. The van der Waals surface area contributed by atoms with Gasteiger partial charge in [0.2, 0.25) is 5.91 Å². The van der Waals surface area contributed by atoms with Gasteiger partial charge in [-0.25, -0.2) is 4.79 Å². The molecule has 0 saturated carbocycles. The second kappa shape index (κ2) is 6.15. The van der Waals surface area contributed by atoms with Crippen LogP contribution in [0.2, 0.25) is 0 Å². The smallest absolute Gasteiger partial charge is 0.321 e. The van der Waals surface area contributed by atoms with Crippen LogP contribution in [-0.2, 0) is 4.79 Å². The molecule has 2 aliphatic rings. The summed E-state index contributed by atoms with van der Waals surface area (Å²) >= 11 is 0. The summed E-state index contributed by atoms with van der Waals surface area (Å²) in [7, 11) is 0. The molecule has 102 valence electrons. The SMILES string of the molecule is CCNC(=O)NC(=O)CN1CCC2CCC(C1)N2. The van der Waals surface area contributed by atoms with Crippen molar-refractivity contribution in [2.24, 2.45) is 0 Å². The molecule has 6 nitrogen and oxygen atoms in total. The van der Waals surface area contributed by atoms with Crippen molar-refractivity contribution in [2.75, 3.05) is 26.2 Å². The molecule has 2 bridgehead atoms. The first-order chi connectivity index (χ1) is 8.67. The van der Waals surface area contributed by atoms with Crippen LogP contribution in [-0.4, -0.2) is 55.1 Å². The minimum Gasteiger partial charge on any atom is -0.338 e. The number of carbonyl (C=O) groups is 2. The summed E-state index contributed by atoms with van der Waals surface area (Å²) < 4.78 is 0. The van der Waals surface area contributed by atoms with Crippen LogP contribution in [0.1, 0.15) is 26.2 Å². The van der Waals surface area contributed by atoms with Crippen molar-refractivity contribution in [2.45, 2.75) is 38.3 Å². The van der Waals surface area contributed by atoms with Gasteiger partial charge in [-0.1, -0.05) is 0 Å². The summed E-state index contributed by atoms with van der Waals surface area (Å²) in [6.45, 7) is 4.48. The van der Waals surface area contributed by atoms with Crippen LogP contribution in [0.4, 0.5) is 4.79 Å². The Kier molecular flexibility index (Phi) is 4.54. The molecule has 2 saturated heterocycles. The maximum Gasteiger partial charge on any atom is 0.321 e. The lowest BCUT2D eigenvalue weighted by Crippen LogP contribution is -2.46. The number of likely N-dealkylation sites (tertiary alicyclic amines) is 1. The van der Waals surface area contributed by atoms with Gasteiger partial charge in [0.05, 0.1) is 6.54 Å². The molecule has 3 N–H and O–H groups in total. The van der Waals surface area contributed by atoms with Gasteiger partial charge < -0.3 is 10.6 Å². The molecule has 0 spiro atoms. The molecule has 6 heteroatoms. The maximum atomic E-state index is 11.7. The maximum absolute atomic E-state index is 11.7. The molecule has 0 aromatic rings. The Labute approximate surface area is 107 Å². The molecular weight excluding hydrogens is 232 g/mol. The van der Waals surface area contributed by atoms with Crippen LogP contribution in [0.15, 0.2) is 0 Å². The summed E-state index contributed by atoms with van der Waals surface area (Å²) in [5.41, 5.74) is 0. The van der Waals surface area contributed by atoms with Crippen LogP contribution in [0.25, 0.3) is 0 Å². The number of hydrogen-bond acceptors (Lipinski definition) is 4. The number of carbonyl (C=O) groups excluding carboxylic acids is 2. The molecule has 2 fully saturated rings. The molecule has 0 aliphatic carbocycles. The largest absolute Gasteiger partial charge is 0.338 e. The van der Waals surface area contributed by atoms with E-state index in [1.165, 1.54) is 12.8 Å². The second-order valence-electron chi connectivity index (χ2n) is 5.07. The molecule has 2 heterocycles. The Hall–Kier alpha value is -1.14. The van der Waals surface area contributed by atoms with E-state index in [0.717, 1.165) is 19.5 Å². The first-order valence-corrected chi connectivity index (χ1v) is 6.73. The molecule has 2 rings (SSSR count). The van der Waals surface area contributed by atoms with Crippen LogP contribution < -0.4 is 16.0 Å². The Morgan fingerprint density at radius 1 is 1.28 bits per heavy atom. The van der Waals surface area contributed by atoms with Crippen LogP contribution >= 0.6 is 0 Å². The number of urea groups is 1. The van der Waals surface area contributed by atoms with Crippen molar-refractivity contribution in [3.63, 3.8) is 0 Å². The zero-order valence-corrected chi connectivity index (χ0v) is 10.9. The van der Waals surface area contributed by atoms with E-state index >= 15 is 0 Å². The van der Waals surface area contributed by atoms with Crippen molar-refractivity contribution in [1.29, 1.82) is 0 Å². The van der Waals surface area contributed by atoms with Crippen molar-refractivity contribution < 1.29 is 9.59 Å². The Balaban J connectivity index is 1.75. The lowest BCUT2D eigenvalue weighted by molar-refractivity contribution is -0.121. The average molecular weight is 254 g/mol. The highest BCUT2D eigenvalue weighted by molar-refractivity contribution is 5.95. The third-order valence-electron chi connectivity index (χ3n) is 3.56. The van der Waals surface area contributed by atoms with E-state index in [0.29, 0.717) is 25.2 Å². The fourth-order valence-corrected chi connectivity index (χ4v) is 2.73. The van der Waals surface area contributed by atoms with Crippen molar-refractivity contribution in [1.82, 2.24) is 20.9 Å². The predicted molar refractivity (Wildman–Crippen MR) is 68.2 cm³/mol. The minimum absolute atomic E-state index is 0.223. The molecule has 2 atom stereocenters. The summed E-state index contributed by atoms with van der Waals surface area (Å²) in [4.78, 5) is 25.0. The van der Waals surface area contributed by atoms with Gasteiger partial charge in [0.1, 0.15) is 0 Å². The lowest BCUT2D eigenvalue weighted by Gasteiger charge is -2.22. The van der Waals surface area contributed by atoms with E-state index in [2.05, 4.69) is 20.9 Å². The predicted octanol–water partition coefficient (Wildman–Crippen LogP) is -0.342. The van der Waals surface area contributed by atoms with Gasteiger partial charge in [-0.3, -0.25) is 15.0 Å². The molecular formula is C12H22N4O2. The first kappa shape index (κ1) is 13.3. The Morgan fingerprint density at radius 2 is 2.06 bits per heavy atom. The molecule has 18 heavy (non-hydrogen) atoms. The number of nitrogens with one attached hydrogen (secondary N) is 3. The monoisotopic (exact) mass is 254 g/mol. The van der Waals surface area contributed by atoms with Gasteiger partial charge in [-0.2, -0.15) is 0 Å². The second-order valence-corrected chi connectivity index (χ2v) is 5.07. The zero-order chi connectivity index (χ0) is 13.0. The van der Waals surface area contributed by atoms with Crippen LogP contribution in [0, 0.1) is 0 Å². The topological polar surface area (TPSA) is 73.5 Å². The van der Waals surface area contributed by atoms with E-state index in [4.69, 9.17) is 0 Å².